The van der Waals surface area contributed by atoms with Crippen LogP contribution in [0.2, 0.25) is 10.6 Å². The minimum Gasteiger partial charge on any atom is -0.324 e. The van der Waals surface area contributed by atoms with E-state index in [0.717, 1.165) is 12.1 Å². The van der Waals surface area contributed by atoms with Crippen molar-refractivity contribution < 1.29 is 53.5 Å². The van der Waals surface area contributed by atoms with Crippen molar-refractivity contribution in [2.24, 2.45) is 0 Å². The molecule has 55 heavy (non-hydrogen) atoms. The van der Waals surface area contributed by atoms with E-state index in [1.807, 2.05) is 0 Å². The Morgan fingerprint density at radius 3 is 1.56 bits per heavy atom. The molecule has 0 fully saturated rings. The van der Waals surface area contributed by atoms with Gasteiger partial charge in [0.2, 0.25) is 34.4 Å². The molecule has 0 aliphatic heterocycles. The van der Waals surface area contributed by atoms with Crippen LogP contribution >= 0.6 is 35.2 Å². The fourth-order valence-corrected chi connectivity index (χ4v) is 7.63. The number of hydrogen-bond acceptors (Lipinski definition) is 20. The standard InChI is InChI=1S/C27H24Cl2N10O12S4/c1-11-8-19(53(41,42)43)13(3)7-16(11)32-26-36-23(29)35-25(39-26)31-15-5-4-14(9-20(15)54(44,45)46)30-24-34-22(28)37-27(38-24)33-17-6-12(2)18(52-51-50-40)10-21(17)55(47,48)49/h4-10,40H,1-3H3,(H,41,42,43)(H,44,45,46)(H,47,48,49)(H2,30,33,34,37,38)(H2,31,32,35,36,39). The number of nitrogens with one attached hydrogen (secondary N) is 4. The van der Waals surface area contributed by atoms with Crippen LogP contribution in [-0.2, 0) is 39.7 Å². The smallest absolute Gasteiger partial charge is 0.296 e. The number of hydrogen-bond donors (Lipinski definition) is 8. The van der Waals surface area contributed by atoms with Crippen LogP contribution in [0.4, 0.5) is 46.5 Å². The summed E-state index contributed by atoms with van der Waals surface area (Å²) < 4.78 is 106. The molecule has 0 atom stereocenters. The van der Waals surface area contributed by atoms with Gasteiger partial charge >= 0.3 is 0 Å². The van der Waals surface area contributed by atoms with Gasteiger partial charge in [0, 0.05) is 16.3 Å². The van der Waals surface area contributed by atoms with E-state index in [2.05, 4.69) is 60.5 Å². The molecule has 2 heterocycles. The molecule has 5 aromatic rings. The van der Waals surface area contributed by atoms with Gasteiger partial charge in [-0.3, -0.25) is 13.7 Å². The van der Waals surface area contributed by atoms with Gasteiger partial charge in [-0.25, -0.2) is 5.26 Å². The van der Waals surface area contributed by atoms with Crippen LogP contribution in [0.5, 0.6) is 0 Å². The molecule has 0 bridgehead atoms. The number of aryl methyl sites for hydroxylation is 3. The van der Waals surface area contributed by atoms with Crippen molar-refractivity contribution in [3.63, 3.8) is 0 Å². The Morgan fingerprint density at radius 2 is 1.04 bits per heavy atom. The lowest BCUT2D eigenvalue weighted by molar-refractivity contribution is -0.432. The van der Waals surface area contributed by atoms with Crippen molar-refractivity contribution in [3.05, 3.63) is 69.7 Å². The summed E-state index contributed by atoms with van der Waals surface area (Å²) in [5, 5.41) is 22.0. The largest absolute Gasteiger partial charge is 0.324 e. The second-order valence-corrected chi connectivity index (χ2v) is 16.5. The van der Waals surface area contributed by atoms with Gasteiger partial charge in [0.25, 0.3) is 30.4 Å². The molecule has 0 unspecified atom stereocenters. The Kier molecular flexibility index (Phi) is 12.3. The highest BCUT2D eigenvalue weighted by Crippen LogP contribution is 2.34. The van der Waals surface area contributed by atoms with Crippen molar-refractivity contribution >= 4 is 112 Å². The van der Waals surface area contributed by atoms with Crippen LogP contribution in [0, 0.1) is 20.8 Å². The van der Waals surface area contributed by atoms with Crippen molar-refractivity contribution in [3.8, 4) is 0 Å². The number of anilines is 8. The Labute approximate surface area is 325 Å². The molecule has 0 spiro atoms. The van der Waals surface area contributed by atoms with E-state index in [4.69, 9.17) is 28.5 Å². The van der Waals surface area contributed by atoms with Crippen molar-refractivity contribution in [2.75, 3.05) is 21.3 Å². The second kappa shape index (κ2) is 16.3. The molecule has 8 N–H and O–H groups in total. The van der Waals surface area contributed by atoms with Crippen molar-refractivity contribution in [2.45, 2.75) is 40.4 Å². The first-order valence-corrected chi connectivity index (χ1v) is 20.3. The SMILES string of the molecule is Cc1cc(S(=O)(=O)O)c(C)cc1Nc1nc(Cl)nc(Nc2ccc(Nc3nc(Cl)nc(Nc4cc(C)c(SOOO)cc4S(=O)(=O)O)n3)cc2S(=O)(=O)O)n1. The average molecular weight is 880 g/mol. The summed E-state index contributed by atoms with van der Waals surface area (Å²) >= 11 is 12.6. The van der Waals surface area contributed by atoms with Gasteiger partial charge in [-0.2, -0.15) is 55.2 Å². The average Bonchev–Trinajstić information content (AvgIpc) is 3.04. The number of aromatic nitrogens is 6. The summed E-state index contributed by atoms with van der Waals surface area (Å²) in [6, 6.07) is 8.49. The topological polar surface area (TPSA) is 327 Å². The molecule has 292 valence electrons. The van der Waals surface area contributed by atoms with E-state index in [1.165, 1.54) is 37.3 Å². The van der Waals surface area contributed by atoms with Crippen LogP contribution in [0.15, 0.2) is 62.0 Å². The molecular formula is C27H24Cl2N10O12S4. The molecule has 0 saturated carbocycles. The summed E-state index contributed by atoms with van der Waals surface area (Å²) in [6.07, 6.45) is 0. The van der Waals surface area contributed by atoms with Crippen molar-refractivity contribution in [1.29, 1.82) is 0 Å². The molecule has 5 rings (SSSR count). The first-order valence-electron chi connectivity index (χ1n) is 14.5. The molecule has 3 aromatic carbocycles. The maximum atomic E-state index is 12.5. The lowest BCUT2D eigenvalue weighted by atomic mass is 10.1. The van der Waals surface area contributed by atoms with Gasteiger partial charge in [0.1, 0.15) is 9.79 Å². The van der Waals surface area contributed by atoms with Crippen LogP contribution in [-0.4, -0.2) is 74.1 Å². The van der Waals surface area contributed by atoms with Gasteiger partial charge < -0.3 is 21.3 Å². The van der Waals surface area contributed by atoms with Crippen molar-refractivity contribution in [1.82, 2.24) is 29.9 Å². The molecule has 0 amide bonds. The summed E-state index contributed by atoms with van der Waals surface area (Å²) in [5.74, 6) is -1.04. The molecule has 2 aromatic heterocycles. The summed E-state index contributed by atoms with van der Waals surface area (Å²) in [4.78, 5) is 22.5. The minimum atomic E-state index is -4.95. The minimum absolute atomic E-state index is 0.0106. The first kappa shape index (κ1) is 41.6. The molecule has 22 nitrogen and oxygen atoms in total. The fraction of sp³-hybridized carbons (Fsp3) is 0.111. The Hall–Kier alpha value is -4.58. The van der Waals surface area contributed by atoms with Crippen LogP contribution in [0.1, 0.15) is 16.7 Å². The summed E-state index contributed by atoms with van der Waals surface area (Å²) in [6.45, 7) is 4.56. The zero-order valence-corrected chi connectivity index (χ0v) is 32.4. The third kappa shape index (κ3) is 10.6. The van der Waals surface area contributed by atoms with E-state index in [1.54, 1.807) is 13.8 Å². The van der Waals surface area contributed by atoms with E-state index >= 15 is 0 Å². The third-order valence-electron chi connectivity index (χ3n) is 6.98. The zero-order valence-electron chi connectivity index (χ0n) is 27.7. The van der Waals surface area contributed by atoms with Crippen LogP contribution in [0.25, 0.3) is 0 Å². The maximum absolute atomic E-state index is 12.5. The Morgan fingerprint density at radius 1 is 0.564 bits per heavy atom. The Balaban J connectivity index is 1.42. The predicted molar refractivity (Wildman–Crippen MR) is 196 cm³/mol. The lowest BCUT2D eigenvalue weighted by Gasteiger charge is -2.15. The molecule has 0 radical (unpaired) electrons. The first-order chi connectivity index (χ1) is 25.6. The molecule has 28 heteroatoms. The monoisotopic (exact) mass is 878 g/mol. The highest BCUT2D eigenvalue weighted by Gasteiger charge is 2.22. The van der Waals surface area contributed by atoms with Crippen LogP contribution < -0.4 is 21.3 Å². The van der Waals surface area contributed by atoms with Gasteiger partial charge in [-0.05, 0) is 103 Å². The van der Waals surface area contributed by atoms with Gasteiger partial charge in [-0.15, -0.1) is 4.33 Å². The molecule has 0 saturated heterocycles. The van der Waals surface area contributed by atoms with E-state index < -0.39 is 45.4 Å². The zero-order chi connectivity index (χ0) is 40.5. The summed E-state index contributed by atoms with van der Waals surface area (Å²) in [5.41, 5.74) is 0.887. The van der Waals surface area contributed by atoms with E-state index in [-0.39, 0.29) is 61.5 Å². The summed E-state index contributed by atoms with van der Waals surface area (Å²) in [7, 11) is -14.3. The number of halogens is 2. The highest BCUT2D eigenvalue weighted by molar-refractivity contribution is 7.94. The van der Waals surface area contributed by atoms with E-state index in [0.29, 0.717) is 28.9 Å². The third-order valence-corrected chi connectivity index (χ3v) is 10.8. The normalized spacial score (nSPS) is 12.0. The quantitative estimate of drug-likeness (QED) is 0.0298. The number of rotatable bonds is 14. The lowest BCUT2D eigenvalue weighted by Crippen LogP contribution is -2.10. The molecule has 0 aliphatic rings. The molecular weight excluding hydrogens is 856 g/mol. The maximum Gasteiger partial charge on any atom is 0.296 e. The number of nitrogens with zero attached hydrogens (tertiary/aromatic N) is 6. The predicted octanol–water partition coefficient (Wildman–Crippen LogP) is 5.43. The number of benzene rings is 3. The van der Waals surface area contributed by atoms with Gasteiger partial charge in [0.15, 0.2) is 0 Å². The second-order valence-electron chi connectivity index (χ2n) is 10.9. The van der Waals surface area contributed by atoms with Gasteiger partial charge in [0.05, 0.1) is 28.3 Å². The highest BCUT2D eigenvalue weighted by atomic mass is 35.5. The molecule has 0 aliphatic carbocycles. The Bertz CT molecular complexity index is 2660. The van der Waals surface area contributed by atoms with Crippen LogP contribution in [0.3, 0.4) is 0 Å². The fourth-order valence-electron chi connectivity index (χ4n) is 4.66. The van der Waals surface area contributed by atoms with E-state index in [9.17, 15) is 38.9 Å². The van der Waals surface area contributed by atoms with Gasteiger partial charge in [-0.1, -0.05) is 5.04 Å².